The van der Waals surface area contributed by atoms with E-state index in [-0.39, 0.29) is 11.8 Å². The van der Waals surface area contributed by atoms with Gasteiger partial charge in [-0.25, -0.2) is 0 Å². The topological polar surface area (TPSA) is 82.8 Å². The number of nitrogens with zero attached hydrogens (tertiary/aromatic N) is 5. The number of aryl methyl sites for hydroxylation is 1. The van der Waals surface area contributed by atoms with Crippen LogP contribution in [-0.4, -0.2) is 87.7 Å². The van der Waals surface area contributed by atoms with E-state index in [1.807, 2.05) is 9.80 Å². The van der Waals surface area contributed by atoms with Crippen LogP contribution in [0.1, 0.15) is 37.9 Å². The molecule has 0 spiro atoms. The third-order valence-corrected chi connectivity index (χ3v) is 6.15. The van der Waals surface area contributed by atoms with Crippen molar-refractivity contribution in [1.29, 1.82) is 0 Å². The molecule has 1 unspecified atom stereocenters. The Morgan fingerprint density at radius 1 is 1.15 bits per heavy atom. The summed E-state index contributed by atoms with van der Waals surface area (Å²) in [6.07, 6.45) is 3.44. The molecule has 3 rings (SSSR count). The fourth-order valence-electron chi connectivity index (χ4n) is 3.63. The molecule has 0 bridgehead atoms. The number of aromatic nitrogens is 2. The molecule has 2 fully saturated rings. The Kier molecular flexibility index (Phi) is 7.12. The van der Waals surface area contributed by atoms with Crippen LogP contribution < -0.4 is 0 Å². The molecule has 1 aromatic heterocycles. The van der Waals surface area contributed by atoms with Gasteiger partial charge in [0, 0.05) is 45.7 Å². The van der Waals surface area contributed by atoms with Crippen LogP contribution in [0.15, 0.2) is 4.52 Å². The summed E-state index contributed by atoms with van der Waals surface area (Å²) < 4.78 is 4.93. The SMILES string of the molecule is Cc1nc(CSCC(=O)N2CCN(CC(=O)N3CCCCC3C)CC2)no1. The van der Waals surface area contributed by atoms with Crippen molar-refractivity contribution in [3.8, 4) is 0 Å². The average molecular weight is 396 g/mol. The quantitative estimate of drug-likeness (QED) is 0.715. The summed E-state index contributed by atoms with van der Waals surface area (Å²) in [5, 5.41) is 3.83. The van der Waals surface area contributed by atoms with E-state index in [0.717, 1.165) is 32.5 Å². The molecular weight excluding hydrogens is 366 g/mol. The van der Waals surface area contributed by atoms with Crippen molar-refractivity contribution in [2.24, 2.45) is 0 Å². The molecule has 8 nitrogen and oxygen atoms in total. The van der Waals surface area contributed by atoms with Crippen molar-refractivity contribution >= 4 is 23.6 Å². The molecule has 27 heavy (non-hydrogen) atoms. The first-order valence-electron chi connectivity index (χ1n) is 9.69. The van der Waals surface area contributed by atoms with Crippen molar-refractivity contribution < 1.29 is 14.1 Å². The number of hydrogen-bond donors (Lipinski definition) is 0. The normalized spacial score (nSPS) is 21.5. The van der Waals surface area contributed by atoms with Crippen molar-refractivity contribution in [1.82, 2.24) is 24.8 Å². The molecule has 2 amide bonds. The van der Waals surface area contributed by atoms with Crippen molar-refractivity contribution in [2.75, 3.05) is 45.0 Å². The molecule has 0 aromatic carbocycles. The van der Waals surface area contributed by atoms with Gasteiger partial charge in [0.25, 0.3) is 0 Å². The first-order valence-corrected chi connectivity index (χ1v) is 10.8. The molecule has 0 N–H and O–H groups in total. The van der Waals surface area contributed by atoms with Gasteiger partial charge in [0.2, 0.25) is 17.7 Å². The van der Waals surface area contributed by atoms with Crippen LogP contribution in [-0.2, 0) is 15.3 Å². The molecule has 3 heterocycles. The monoisotopic (exact) mass is 395 g/mol. The highest BCUT2D eigenvalue weighted by Crippen LogP contribution is 2.17. The van der Waals surface area contributed by atoms with Gasteiger partial charge in [0.05, 0.1) is 18.1 Å². The van der Waals surface area contributed by atoms with Gasteiger partial charge in [-0.3, -0.25) is 14.5 Å². The van der Waals surface area contributed by atoms with E-state index in [9.17, 15) is 9.59 Å². The number of carbonyl (C=O) groups excluding carboxylic acids is 2. The molecule has 0 saturated carbocycles. The lowest BCUT2D eigenvalue weighted by Gasteiger charge is -2.38. The van der Waals surface area contributed by atoms with Crippen LogP contribution in [0.25, 0.3) is 0 Å². The molecule has 150 valence electrons. The number of hydrogen-bond acceptors (Lipinski definition) is 7. The van der Waals surface area contributed by atoms with E-state index in [4.69, 9.17) is 4.52 Å². The van der Waals surface area contributed by atoms with Gasteiger partial charge in [-0.1, -0.05) is 5.16 Å². The Labute approximate surface area is 164 Å². The zero-order valence-corrected chi connectivity index (χ0v) is 17.0. The lowest BCUT2D eigenvalue weighted by Crippen LogP contribution is -2.53. The molecule has 1 atom stereocenters. The summed E-state index contributed by atoms with van der Waals surface area (Å²) in [5.74, 6) is 2.52. The minimum absolute atomic E-state index is 0.135. The summed E-state index contributed by atoms with van der Waals surface area (Å²) >= 11 is 1.50. The number of rotatable bonds is 6. The Bertz CT molecular complexity index is 645. The maximum Gasteiger partial charge on any atom is 0.236 e. The Balaban J connectivity index is 1.35. The van der Waals surface area contributed by atoms with Gasteiger partial charge in [-0.2, -0.15) is 4.98 Å². The average Bonchev–Trinajstić information content (AvgIpc) is 3.07. The second-order valence-corrected chi connectivity index (χ2v) is 8.30. The summed E-state index contributed by atoms with van der Waals surface area (Å²) in [7, 11) is 0. The highest BCUT2D eigenvalue weighted by molar-refractivity contribution is 7.99. The van der Waals surface area contributed by atoms with E-state index >= 15 is 0 Å². The van der Waals surface area contributed by atoms with Gasteiger partial charge in [-0.05, 0) is 26.2 Å². The van der Waals surface area contributed by atoms with E-state index < -0.39 is 0 Å². The molecule has 9 heteroatoms. The fraction of sp³-hybridized carbons (Fsp3) is 0.778. The molecule has 0 radical (unpaired) electrons. The zero-order valence-electron chi connectivity index (χ0n) is 16.2. The van der Waals surface area contributed by atoms with Gasteiger partial charge in [0.1, 0.15) is 0 Å². The Morgan fingerprint density at radius 2 is 1.93 bits per heavy atom. The molecule has 1 aromatic rings. The van der Waals surface area contributed by atoms with Gasteiger partial charge in [-0.15, -0.1) is 11.8 Å². The smallest absolute Gasteiger partial charge is 0.236 e. The second kappa shape index (κ2) is 9.54. The van der Waals surface area contributed by atoms with E-state index in [1.165, 1.54) is 18.2 Å². The molecule has 2 saturated heterocycles. The highest BCUT2D eigenvalue weighted by Gasteiger charge is 2.27. The summed E-state index contributed by atoms with van der Waals surface area (Å²) in [6.45, 7) is 8.13. The van der Waals surface area contributed by atoms with Crippen LogP contribution in [0.5, 0.6) is 0 Å². The van der Waals surface area contributed by atoms with Crippen LogP contribution in [0.2, 0.25) is 0 Å². The van der Waals surface area contributed by atoms with Crippen molar-refractivity contribution in [3.05, 3.63) is 11.7 Å². The number of piperidine rings is 1. The third kappa shape index (κ3) is 5.68. The van der Waals surface area contributed by atoms with Crippen LogP contribution in [0, 0.1) is 6.92 Å². The number of thioether (sulfide) groups is 1. The van der Waals surface area contributed by atoms with E-state index in [0.29, 0.717) is 48.9 Å². The lowest BCUT2D eigenvalue weighted by molar-refractivity contribution is -0.136. The number of amides is 2. The highest BCUT2D eigenvalue weighted by atomic mass is 32.2. The van der Waals surface area contributed by atoms with Gasteiger partial charge >= 0.3 is 0 Å². The minimum Gasteiger partial charge on any atom is -0.340 e. The Morgan fingerprint density at radius 3 is 2.59 bits per heavy atom. The largest absolute Gasteiger partial charge is 0.340 e. The van der Waals surface area contributed by atoms with Crippen molar-refractivity contribution in [3.63, 3.8) is 0 Å². The zero-order chi connectivity index (χ0) is 19.2. The van der Waals surface area contributed by atoms with E-state index in [2.05, 4.69) is 22.0 Å². The maximum absolute atomic E-state index is 12.6. The van der Waals surface area contributed by atoms with Crippen LogP contribution in [0.4, 0.5) is 0 Å². The van der Waals surface area contributed by atoms with E-state index in [1.54, 1.807) is 6.92 Å². The predicted octanol–water partition coefficient (Wildman–Crippen LogP) is 1.16. The molecule has 2 aliphatic heterocycles. The molecule has 0 aliphatic carbocycles. The minimum atomic E-state index is 0.135. The van der Waals surface area contributed by atoms with Crippen LogP contribution >= 0.6 is 11.8 Å². The van der Waals surface area contributed by atoms with Gasteiger partial charge in [0.15, 0.2) is 5.82 Å². The number of likely N-dealkylation sites (tertiary alicyclic amines) is 1. The van der Waals surface area contributed by atoms with Crippen molar-refractivity contribution in [2.45, 2.75) is 44.9 Å². The first kappa shape index (κ1) is 20.1. The second-order valence-electron chi connectivity index (χ2n) is 7.31. The molecular formula is C18H29N5O3S. The predicted molar refractivity (Wildman–Crippen MR) is 103 cm³/mol. The first-order chi connectivity index (χ1) is 13.0. The summed E-state index contributed by atoms with van der Waals surface area (Å²) in [4.78, 5) is 35.1. The maximum atomic E-state index is 12.6. The standard InChI is InChI=1S/C18H29N5O3S/c1-14-5-3-4-6-23(14)17(24)11-21-7-9-22(10-8-21)18(25)13-27-12-16-19-15(2)26-20-16/h14H,3-13H2,1-2H3. The van der Waals surface area contributed by atoms with Crippen LogP contribution in [0.3, 0.4) is 0 Å². The third-order valence-electron chi connectivity index (χ3n) is 5.23. The summed E-state index contributed by atoms with van der Waals surface area (Å²) in [5.41, 5.74) is 0. The Hall–Kier alpha value is -1.61. The number of carbonyl (C=O) groups is 2. The lowest BCUT2D eigenvalue weighted by atomic mass is 10.0. The molecule has 2 aliphatic rings. The van der Waals surface area contributed by atoms with Gasteiger partial charge < -0.3 is 14.3 Å². The fourth-order valence-corrected chi connectivity index (χ4v) is 4.39. The summed E-state index contributed by atoms with van der Waals surface area (Å²) in [6, 6.07) is 0.356. The number of piperazine rings is 1.